The van der Waals surface area contributed by atoms with Crippen molar-refractivity contribution < 1.29 is 29.3 Å². The topological polar surface area (TPSA) is 101 Å². The van der Waals surface area contributed by atoms with Crippen LogP contribution in [0.3, 0.4) is 0 Å². The Morgan fingerprint density at radius 2 is 1.25 bits per heavy atom. The fourth-order valence-electron chi connectivity index (χ4n) is 3.55. The number of hydrogen-bond acceptors (Lipinski definition) is 4. The van der Waals surface area contributed by atoms with Crippen LogP contribution in [0.2, 0.25) is 0 Å². The van der Waals surface area contributed by atoms with Crippen LogP contribution in [0.5, 0.6) is 0 Å². The molecule has 0 saturated heterocycles. The van der Waals surface area contributed by atoms with Crippen molar-refractivity contribution in [2.24, 2.45) is 5.92 Å². The Hall–Kier alpha value is -1.43. The van der Waals surface area contributed by atoms with Gasteiger partial charge >= 0.3 is 11.9 Å². The summed E-state index contributed by atoms with van der Waals surface area (Å²) in [6.07, 6.45) is 11.8. The first-order valence-electron chi connectivity index (χ1n) is 11.0. The van der Waals surface area contributed by atoms with Crippen LogP contribution in [0.4, 0.5) is 0 Å². The molecule has 164 valence electrons. The van der Waals surface area contributed by atoms with E-state index in [1.54, 1.807) is 0 Å². The molecular formula is C22H40O6. The van der Waals surface area contributed by atoms with Gasteiger partial charge in [0.2, 0.25) is 5.60 Å². The molecule has 6 nitrogen and oxygen atoms in total. The molecule has 0 spiro atoms. The van der Waals surface area contributed by atoms with Crippen LogP contribution >= 0.6 is 0 Å². The molecule has 0 fully saturated rings. The van der Waals surface area contributed by atoms with E-state index in [4.69, 9.17) is 4.74 Å². The molecule has 0 aromatic heterocycles. The van der Waals surface area contributed by atoms with Gasteiger partial charge in [-0.3, -0.25) is 9.59 Å². The zero-order chi connectivity index (χ0) is 21.4. The number of Topliss-reactive ketones (excluding diaryl/α,β-unsaturated/α-hetero) is 1. The van der Waals surface area contributed by atoms with Gasteiger partial charge in [0.05, 0.1) is 0 Å². The van der Waals surface area contributed by atoms with Crippen molar-refractivity contribution in [2.45, 2.75) is 110 Å². The Balaban J connectivity index is 4.91. The van der Waals surface area contributed by atoms with Gasteiger partial charge in [-0.2, -0.15) is 0 Å². The summed E-state index contributed by atoms with van der Waals surface area (Å²) in [5, 5.41) is 19.4. The Morgan fingerprint density at radius 3 is 1.68 bits per heavy atom. The summed E-state index contributed by atoms with van der Waals surface area (Å²) in [6.45, 7) is 5.45. The van der Waals surface area contributed by atoms with E-state index in [1.165, 1.54) is 0 Å². The van der Waals surface area contributed by atoms with Crippen molar-refractivity contribution in [3.05, 3.63) is 0 Å². The highest BCUT2D eigenvalue weighted by molar-refractivity contribution is 6.08. The van der Waals surface area contributed by atoms with Crippen molar-refractivity contribution in [2.75, 3.05) is 6.61 Å². The molecule has 0 aromatic rings. The zero-order valence-electron chi connectivity index (χ0n) is 18.0. The molecule has 2 N–H and O–H groups in total. The van der Waals surface area contributed by atoms with Gasteiger partial charge in [0, 0.05) is 6.61 Å². The molecule has 0 saturated carbocycles. The van der Waals surface area contributed by atoms with Crippen LogP contribution < -0.4 is 0 Å². The lowest BCUT2D eigenvalue weighted by molar-refractivity contribution is -0.187. The number of carbonyl (C=O) groups is 3. The molecule has 0 bridgehead atoms. The lowest BCUT2D eigenvalue weighted by atomic mass is 9.80. The number of ketones is 1. The maximum absolute atomic E-state index is 12.3. The lowest BCUT2D eigenvalue weighted by Crippen LogP contribution is -2.56. The fourth-order valence-corrected chi connectivity index (χ4v) is 3.55. The molecular weight excluding hydrogens is 360 g/mol. The molecule has 2 unspecified atom stereocenters. The number of aliphatic carboxylic acids is 2. The van der Waals surface area contributed by atoms with E-state index in [-0.39, 0.29) is 13.0 Å². The normalized spacial score (nSPS) is 14.4. The highest BCUT2D eigenvalue weighted by Gasteiger charge is 2.54. The van der Waals surface area contributed by atoms with Crippen LogP contribution in [0.25, 0.3) is 0 Å². The maximum atomic E-state index is 12.3. The minimum Gasteiger partial charge on any atom is -0.481 e. The Kier molecular flexibility index (Phi) is 14.7. The summed E-state index contributed by atoms with van der Waals surface area (Å²) < 4.78 is 5.55. The number of carboxylic acid groups (broad SMARTS) is 2. The Bertz CT molecular complexity index is 446. The van der Waals surface area contributed by atoms with E-state index < -0.39 is 29.2 Å². The van der Waals surface area contributed by atoms with E-state index in [0.717, 1.165) is 71.1 Å². The molecule has 0 aliphatic carbocycles. The van der Waals surface area contributed by atoms with Gasteiger partial charge in [0.1, 0.15) is 5.92 Å². The van der Waals surface area contributed by atoms with Crippen molar-refractivity contribution in [3.63, 3.8) is 0 Å². The summed E-state index contributed by atoms with van der Waals surface area (Å²) >= 11 is 0. The van der Waals surface area contributed by atoms with Crippen molar-refractivity contribution in [1.29, 1.82) is 0 Å². The third-order valence-electron chi connectivity index (χ3n) is 5.30. The second-order valence-corrected chi connectivity index (χ2v) is 7.66. The standard InChI is InChI=1S/C22H40O6/c1-4-6-8-10-12-14-16-19(20(24)25)22(18(3)23,21(26)27)28-17-15-13-11-9-7-5-2/h19H,4-17H2,1-3H3,(H,24,25)(H,26,27). The molecule has 0 heterocycles. The van der Waals surface area contributed by atoms with Crippen molar-refractivity contribution in [1.82, 2.24) is 0 Å². The smallest absolute Gasteiger partial charge is 0.344 e. The molecule has 0 rings (SSSR count). The van der Waals surface area contributed by atoms with Crippen LogP contribution in [-0.4, -0.2) is 40.1 Å². The molecule has 2 atom stereocenters. The molecule has 0 radical (unpaired) electrons. The molecule has 0 aromatic carbocycles. The van der Waals surface area contributed by atoms with Crippen LogP contribution in [0, 0.1) is 5.92 Å². The third kappa shape index (κ3) is 9.18. The van der Waals surface area contributed by atoms with Crippen LogP contribution in [0.1, 0.15) is 104 Å². The lowest BCUT2D eigenvalue weighted by Gasteiger charge is -2.32. The first-order valence-corrected chi connectivity index (χ1v) is 11.0. The second-order valence-electron chi connectivity index (χ2n) is 7.66. The van der Waals surface area contributed by atoms with E-state index in [9.17, 15) is 24.6 Å². The van der Waals surface area contributed by atoms with Gasteiger partial charge in [-0.05, 0) is 19.8 Å². The largest absolute Gasteiger partial charge is 0.481 e. The minimum absolute atomic E-state index is 0.0816. The summed E-state index contributed by atoms with van der Waals surface area (Å²) in [7, 11) is 0. The van der Waals surface area contributed by atoms with Gasteiger partial charge in [0.15, 0.2) is 5.78 Å². The SMILES string of the molecule is CCCCCCCCOC(C(C)=O)(C(=O)O)C(CCCCCCCC)C(=O)O. The number of carboxylic acids is 2. The third-order valence-corrected chi connectivity index (χ3v) is 5.30. The molecule has 6 heteroatoms. The summed E-state index contributed by atoms with van der Waals surface area (Å²) in [6, 6.07) is 0. The quantitative estimate of drug-likeness (QED) is 0.227. The Labute approximate surface area is 170 Å². The fraction of sp³-hybridized carbons (Fsp3) is 0.864. The average Bonchev–Trinajstić information content (AvgIpc) is 2.63. The summed E-state index contributed by atoms with van der Waals surface area (Å²) in [4.78, 5) is 36.1. The minimum atomic E-state index is -2.29. The second kappa shape index (κ2) is 15.5. The maximum Gasteiger partial charge on any atom is 0.344 e. The first-order chi connectivity index (χ1) is 13.3. The van der Waals surface area contributed by atoms with E-state index in [2.05, 4.69) is 13.8 Å². The van der Waals surface area contributed by atoms with Gasteiger partial charge in [-0.1, -0.05) is 84.5 Å². The number of carbonyl (C=O) groups excluding carboxylic acids is 1. The number of unbranched alkanes of at least 4 members (excludes halogenated alkanes) is 10. The number of hydrogen-bond donors (Lipinski definition) is 2. The van der Waals surface area contributed by atoms with E-state index >= 15 is 0 Å². The molecule has 0 aliphatic heterocycles. The van der Waals surface area contributed by atoms with Gasteiger partial charge < -0.3 is 14.9 Å². The van der Waals surface area contributed by atoms with Gasteiger partial charge in [0.25, 0.3) is 0 Å². The van der Waals surface area contributed by atoms with Crippen molar-refractivity contribution >= 4 is 17.7 Å². The Morgan fingerprint density at radius 1 is 0.786 bits per heavy atom. The van der Waals surface area contributed by atoms with Gasteiger partial charge in [-0.25, -0.2) is 4.79 Å². The monoisotopic (exact) mass is 400 g/mol. The zero-order valence-corrected chi connectivity index (χ0v) is 18.0. The predicted octanol–water partition coefficient (Wildman–Crippen LogP) is 5.23. The van der Waals surface area contributed by atoms with Gasteiger partial charge in [-0.15, -0.1) is 0 Å². The highest BCUT2D eigenvalue weighted by atomic mass is 16.5. The van der Waals surface area contributed by atoms with E-state index in [1.807, 2.05) is 0 Å². The molecule has 0 aliphatic rings. The molecule has 0 amide bonds. The summed E-state index contributed by atoms with van der Waals surface area (Å²) in [5.41, 5.74) is -2.29. The summed E-state index contributed by atoms with van der Waals surface area (Å²) in [5.74, 6) is -4.89. The predicted molar refractivity (Wildman–Crippen MR) is 109 cm³/mol. The highest BCUT2D eigenvalue weighted by Crippen LogP contribution is 2.30. The van der Waals surface area contributed by atoms with Crippen molar-refractivity contribution in [3.8, 4) is 0 Å². The van der Waals surface area contributed by atoms with E-state index in [0.29, 0.717) is 12.8 Å². The number of rotatable bonds is 19. The molecule has 28 heavy (non-hydrogen) atoms. The first kappa shape index (κ1) is 26.6. The van der Waals surface area contributed by atoms with Crippen LogP contribution in [0.15, 0.2) is 0 Å². The average molecular weight is 401 g/mol. The number of ether oxygens (including phenoxy) is 1. The van der Waals surface area contributed by atoms with Crippen LogP contribution in [-0.2, 0) is 19.1 Å².